The number of halogens is 1. The Kier molecular flexibility index (Phi) is 4.09. The SMILES string of the molecule is COc1ccc(CCCS)cc1F. The number of thiol groups is 1. The Morgan fingerprint density at radius 2 is 2.23 bits per heavy atom. The minimum Gasteiger partial charge on any atom is -0.494 e. The summed E-state index contributed by atoms with van der Waals surface area (Å²) in [5, 5.41) is 0. The number of methoxy groups -OCH3 is 1. The maximum Gasteiger partial charge on any atom is 0.165 e. The van der Waals surface area contributed by atoms with E-state index in [4.69, 9.17) is 4.74 Å². The summed E-state index contributed by atoms with van der Waals surface area (Å²) in [6.07, 6.45) is 1.83. The first-order valence-electron chi connectivity index (χ1n) is 4.21. The fourth-order valence-corrected chi connectivity index (χ4v) is 1.31. The predicted molar refractivity (Wildman–Crippen MR) is 55.1 cm³/mol. The summed E-state index contributed by atoms with van der Waals surface area (Å²) < 4.78 is 17.9. The third kappa shape index (κ3) is 2.92. The van der Waals surface area contributed by atoms with Gasteiger partial charge in [0.1, 0.15) is 0 Å². The van der Waals surface area contributed by atoms with Crippen LogP contribution in [0.1, 0.15) is 12.0 Å². The zero-order chi connectivity index (χ0) is 9.68. The topological polar surface area (TPSA) is 9.23 Å². The summed E-state index contributed by atoms with van der Waals surface area (Å²) in [5.74, 6) is 0.835. The molecule has 0 N–H and O–H groups in total. The van der Waals surface area contributed by atoms with Crippen LogP contribution in [0.3, 0.4) is 0 Å². The van der Waals surface area contributed by atoms with Crippen molar-refractivity contribution < 1.29 is 9.13 Å². The summed E-state index contributed by atoms with van der Waals surface area (Å²) in [6, 6.07) is 5.05. The molecule has 0 radical (unpaired) electrons. The second-order valence-electron chi connectivity index (χ2n) is 2.80. The van der Waals surface area contributed by atoms with Crippen LogP contribution in [0.25, 0.3) is 0 Å². The van der Waals surface area contributed by atoms with Gasteiger partial charge < -0.3 is 4.74 Å². The monoisotopic (exact) mass is 200 g/mol. The van der Waals surface area contributed by atoms with Crippen molar-refractivity contribution in [3.05, 3.63) is 29.6 Å². The lowest BCUT2D eigenvalue weighted by molar-refractivity contribution is 0.386. The van der Waals surface area contributed by atoms with E-state index < -0.39 is 0 Å². The first-order chi connectivity index (χ1) is 6.27. The third-order valence-electron chi connectivity index (χ3n) is 1.84. The Morgan fingerprint density at radius 3 is 2.77 bits per heavy atom. The minimum absolute atomic E-state index is 0.292. The van der Waals surface area contributed by atoms with Crippen LogP contribution < -0.4 is 4.74 Å². The molecule has 72 valence electrons. The molecule has 0 aromatic heterocycles. The molecule has 0 unspecified atom stereocenters. The number of hydrogen-bond acceptors (Lipinski definition) is 2. The standard InChI is InChI=1S/C10H13FOS/c1-12-10-5-4-8(3-2-6-13)7-9(10)11/h4-5,7,13H,2-3,6H2,1H3. The summed E-state index contributed by atoms with van der Waals surface area (Å²) in [7, 11) is 1.46. The number of hydrogen-bond donors (Lipinski definition) is 1. The van der Waals surface area contributed by atoms with Gasteiger partial charge in [0.2, 0.25) is 0 Å². The summed E-state index contributed by atoms with van der Waals surface area (Å²) >= 11 is 4.10. The van der Waals surface area contributed by atoms with E-state index in [0.29, 0.717) is 5.75 Å². The van der Waals surface area contributed by atoms with Gasteiger partial charge in [0.25, 0.3) is 0 Å². The molecule has 1 rings (SSSR count). The Hall–Kier alpha value is -0.700. The van der Waals surface area contributed by atoms with Crippen molar-refractivity contribution in [2.75, 3.05) is 12.9 Å². The van der Waals surface area contributed by atoms with Crippen LogP contribution >= 0.6 is 12.6 Å². The van der Waals surface area contributed by atoms with Crippen molar-refractivity contribution in [2.45, 2.75) is 12.8 Å². The van der Waals surface area contributed by atoms with E-state index in [1.807, 2.05) is 6.07 Å². The highest BCUT2D eigenvalue weighted by atomic mass is 32.1. The van der Waals surface area contributed by atoms with Crippen LogP contribution in [0.15, 0.2) is 18.2 Å². The van der Waals surface area contributed by atoms with Crippen molar-refractivity contribution in [3.8, 4) is 5.75 Å². The van der Waals surface area contributed by atoms with Crippen LogP contribution in [-0.4, -0.2) is 12.9 Å². The largest absolute Gasteiger partial charge is 0.494 e. The van der Waals surface area contributed by atoms with Crippen molar-refractivity contribution >= 4 is 12.6 Å². The summed E-state index contributed by atoms with van der Waals surface area (Å²) in [4.78, 5) is 0. The number of benzene rings is 1. The number of rotatable bonds is 4. The smallest absolute Gasteiger partial charge is 0.165 e. The van der Waals surface area contributed by atoms with Gasteiger partial charge in [0.15, 0.2) is 11.6 Å². The molecule has 0 fully saturated rings. The molecule has 3 heteroatoms. The molecule has 0 bridgehead atoms. The molecule has 0 saturated carbocycles. The van der Waals surface area contributed by atoms with E-state index in [-0.39, 0.29) is 5.82 Å². The highest BCUT2D eigenvalue weighted by Crippen LogP contribution is 2.18. The Bertz CT molecular complexity index is 276. The molecular formula is C10H13FOS. The lowest BCUT2D eigenvalue weighted by Gasteiger charge is -2.04. The predicted octanol–water partition coefficient (Wildman–Crippen LogP) is 2.70. The van der Waals surface area contributed by atoms with E-state index in [1.54, 1.807) is 6.07 Å². The zero-order valence-electron chi connectivity index (χ0n) is 7.59. The van der Waals surface area contributed by atoms with Crippen LogP contribution in [0.4, 0.5) is 4.39 Å². The zero-order valence-corrected chi connectivity index (χ0v) is 8.48. The normalized spacial score (nSPS) is 10.1. The van der Waals surface area contributed by atoms with E-state index in [9.17, 15) is 4.39 Å². The Balaban J connectivity index is 2.71. The van der Waals surface area contributed by atoms with Crippen molar-refractivity contribution in [2.24, 2.45) is 0 Å². The molecule has 0 amide bonds. The molecule has 1 aromatic carbocycles. The summed E-state index contributed by atoms with van der Waals surface area (Å²) in [5.41, 5.74) is 0.993. The van der Waals surface area contributed by atoms with Crippen LogP contribution in [0, 0.1) is 5.82 Å². The molecule has 1 nitrogen and oxygen atoms in total. The molecule has 0 atom stereocenters. The lowest BCUT2D eigenvalue weighted by atomic mass is 10.1. The highest BCUT2D eigenvalue weighted by Gasteiger charge is 2.02. The second kappa shape index (κ2) is 5.12. The van der Waals surface area contributed by atoms with E-state index >= 15 is 0 Å². The number of ether oxygens (including phenoxy) is 1. The van der Waals surface area contributed by atoms with Gasteiger partial charge in [0, 0.05) is 0 Å². The van der Waals surface area contributed by atoms with E-state index in [1.165, 1.54) is 13.2 Å². The maximum atomic E-state index is 13.1. The van der Waals surface area contributed by atoms with Crippen molar-refractivity contribution in [1.82, 2.24) is 0 Å². The fraction of sp³-hybridized carbons (Fsp3) is 0.400. The van der Waals surface area contributed by atoms with Gasteiger partial charge in [-0.2, -0.15) is 12.6 Å². The second-order valence-corrected chi connectivity index (χ2v) is 3.24. The maximum absolute atomic E-state index is 13.1. The molecule has 0 aliphatic heterocycles. The quantitative estimate of drug-likeness (QED) is 0.735. The molecule has 0 heterocycles. The van der Waals surface area contributed by atoms with E-state index in [2.05, 4.69) is 12.6 Å². The van der Waals surface area contributed by atoms with Gasteiger partial charge in [-0.05, 0) is 36.3 Å². The van der Waals surface area contributed by atoms with Gasteiger partial charge in [0.05, 0.1) is 7.11 Å². The van der Waals surface area contributed by atoms with Crippen molar-refractivity contribution in [1.29, 1.82) is 0 Å². The first kappa shape index (κ1) is 10.4. The van der Waals surface area contributed by atoms with Crippen LogP contribution in [-0.2, 0) is 6.42 Å². The molecule has 0 saturated heterocycles. The van der Waals surface area contributed by atoms with E-state index in [0.717, 1.165) is 24.2 Å². The molecular weight excluding hydrogens is 187 g/mol. The van der Waals surface area contributed by atoms with Gasteiger partial charge in [-0.3, -0.25) is 0 Å². The van der Waals surface area contributed by atoms with Gasteiger partial charge in [-0.25, -0.2) is 4.39 Å². The first-order valence-corrected chi connectivity index (χ1v) is 4.84. The Morgan fingerprint density at radius 1 is 1.46 bits per heavy atom. The number of aryl methyl sites for hydroxylation is 1. The fourth-order valence-electron chi connectivity index (χ4n) is 1.15. The average molecular weight is 200 g/mol. The van der Waals surface area contributed by atoms with Gasteiger partial charge >= 0.3 is 0 Å². The molecule has 0 spiro atoms. The van der Waals surface area contributed by atoms with Gasteiger partial charge in [-0.1, -0.05) is 6.07 Å². The average Bonchev–Trinajstić information content (AvgIpc) is 2.15. The van der Waals surface area contributed by atoms with Crippen LogP contribution in [0.5, 0.6) is 5.75 Å². The van der Waals surface area contributed by atoms with Gasteiger partial charge in [-0.15, -0.1) is 0 Å². The van der Waals surface area contributed by atoms with Crippen molar-refractivity contribution in [3.63, 3.8) is 0 Å². The molecule has 1 aromatic rings. The third-order valence-corrected chi connectivity index (χ3v) is 2.16. The summed E-state index contributed by atoms with van der Waals surface area (Å²) in [6.45, 7) is 0. The molecule has 0 aliphatic rings. The highest BCUT2D eigenvalue weighted by molar-refractivity contribution is 7.80. The molecule has 0 aliphatic carbocycles. The Labute approximate surface area is 83.3 Å². The molecule has 13 heavy (non-hydrogen) atoms. The minimum atomic E-state index is -0.292. The lowest BCUT2D eigenvalue weighted by Crippen LogP contribution is -1.91. The van der Waals surface area contributed by atoms with Crippen LogP contribution in [0.2, 0.25) is 0 Å².